The van der Waals surface area contributed by atoms with Gasteiger partial charge >= 0.3 is 0 Å². The number of thiol groups is 1. The summed E-state index contributed by atoms with van der Waals surface area (Å²) in [4.78, 5) is 2.19. The van der Waals surface area contributed by atoms with Crippen LogP contribution >= 0.6 is 12.6 Å². The van der Waals surface area contributed by atoms with Gasteiger partial charge in [0.15, 0.2) is 0 Å². The number of ether oxygens (including phenoxy) is 1. The third kappa shape index (κ3) is 6.70. The van der Waals surface area contributed by atoms with Gasteiger partial charge in [-0.3, -0.25) is 0 Å². The van der Waals surface area contributed by atoms with E-state index in [1.54, 1.807) is 0 Å². The lowest BCUT2D eigenvalue weighted by Gasteiger charge is -2.16. The van der Waals surface area contributed by atoms with Crippen LogP contribution in [0.1, 0.15) is 6.92 Å². The van der Waals surface area contributed by atoms with Crippen molar-refractivity contribution in [1.82, 2.24) is 4.90 Å². The highest BCUT2D eigenvalue weighted by Crippen LogP contribution is 1.96. The highest BCUT2D eigenvalue weighted by atomic mass is 32.1. The second kappa shape index (κ2) is 7.65. The fourth-order valence-corrected chi connectivity index (χ4v) is 0.976. The van der Waals surface area contributed by atoms with E-state index in [-0.39, 0.29) is 0 Å². The lowest BCUT2D eigenvalue weighted by Crippen LogP contribution is -2.25. The van der Waals surface area contributed by atoms with Gasteiger partial charge in [-0.15, -0.1) is 0 Å². The molecule has 0 N–H and O–H groups in total. The predicted molar refractivity (Wildman–Crippen MR) is 57.0 cm³/mol. The van der Waals surface area contributed by atoms with E-state index in [1.807, 2.05) is 6.92 Å². The molecule has 0 unspecified atom stereocenters. The number of nitrogens with zero attached hydrogens (tertiary/aromatic N) is 1. The summed E-state index contributed by atoms with van der Waals surface area (Å²) in [7, 11) is 2.06. The van der Waals surface area contributed by atoms with Crippen LogP contribution in [-0.4, -0.2) is 44.0 Å². The van der Waals surface area contributed by atoms with E-state index < -0.39 is 0 Å². The van der Waals surface area contributed by atoms with Gasteiger partial charge in [-0.2, -0.15) is 12.6 Å². The molecule has 3 heteroatoms. The monoisotopic (exact) mass is 189 g/mol. The first-order chi connectivity index (χ1) is 5.70. The fourth-order valence-electron chi connectivity index (χ4n) is 0.876. The molecule has 0 heterocycles. The van der Waals surface area contributed by atoms with Crippen molar-refractivity contribution in [1.29, 1.82) is 0 Å². The Morgan fingerprint density at radius 3 is 2.75 bits per heavy atom. The Kier molecular flexibility index (Phi) is 7.65. The Balaban J connectivity index is 3.32. The van der Waals surface area contributed by atoms with Crippen molar-refractivity contribution in [2.45, 2.75) is 6.92 Å². The van der Waals surface area contributed by atoms with Crippen LogP contribution in [0.4, 0.5) is 0 Å². The summed E-state index contributed by atoms with van der Waals surface area (Å²) in [5.41, 5.74) is 1.15. The van der Waals surface area contributed by atoms with Gasteiger partial charge in [0.1, 0.15) is 0 Å². The van der Waals surface area contributed by atoms with E-state index in [2.05, 4.69) is 31.2 Å². The average molecular weight is 189 g/mol. The molecule has 0 bridgehead atoms. The summed E-state index contributed by atoms with van der Waals surface area (Å²) in [5, 5.41) is 0. The summed E-state index contributed by atoms with van der Waals surface area (Å²) >= 11 is 4.14. The molecule has 0 aromatic carbocycles. The molecule has 0 radical (unpaired) electrons. The first kappa shape index (κ1) is 12.0. The van der Waals surface area contributed by atoms with Crippen molar-refractivity contribution >= 4 is 12.6 Å². The summed E-state index contributed by atoms with van der Waals surface area (Å²) in [6.07, 6.45) is 0. The van der Waals surface area contributed by atoms with Crippen LogP contribution in [0.15, 0.2) is 12.2 Å². The predicted octanol–water partition coefficient (Wildman–Crippen LogP) is 1.44. The molecule has 0 spiro atoms. The highest BCUT2D eigenvalue weighted by molar-refractivity contribution is 7.80. The first-order valence-corrected chi connectivity index (χ1v) is 4.87. The standard InChI is InChI=1S/C9H19NOS/c1-4-11-6-5-10(3)7-9(2)8-12/h12H,2,4-8H2,1,3H3. The van der Waals surface area contributed by atoms with Crippen LogP contribution in [0.5, 0.6) is 0 Å². The zero-order chi connectivity index (χ0) is 9.40. The van der Waals surface area contributed by atoms with Crippen LogP contribution in [0.3, 0.4) is 0 Å². The lowest BCUT2D eigenvalue weighted by molar-refractivity contribution is 0.125. The van der Waals surface area contributed by atoms with E-state index in [0.29, 0.717) is 0 Å². The van der Waals surface area contributed by atoms with Crippen LogP contribution in [0.2, 0.25) is 0 Å². The van der Waals surface area contributed by atoms with Gasteiger partial charge in [-0.25, -0.2) is 0 Å². The fraction of sp³-hybridized carbons (Fsp3) is 0.778. The largest absolute Gasteiger partial charge is 0.380 e. The van der Waals surface area contributed by atoms with Crippen molar-refractivity contribution in [3.63, 3.8) is 0 Å². The Hall–Kier alpha value is 0.01000. The SMILES string of the molecule is C=C(CS)CN(C)CCOCC. The molecule has 0 fully saturated rings. The average Bonchev–Trinajstić information content (AvgIpc) is 2.05. The van der Waals surface area contributed by atoms with E-state index in [1.165, 1.54) is 0 Å². The zero-order valence-corrected chi connectivity index (χ0v) is 8.94. The maximum absolute atomic E-state index is 5.23. The molecule has 0 atom stereocenters. The van der Waals surface area contributed by atoms with Gasteiger partial charge in [-0.1, -0.05) is 12.2 Å². The smallest absolute Gasteiger partial charge is 0.0593 e. The maximum Gasteiger partial charge on any atom is 0.0593 e. The number of likely N-dealkylation sites (N-methyl/N-ethyl adjacent to an activating group) is 1. The summed E-state index contributed by atoms with van der Waals surface area (Å²) < 4.78 is 5.23. The minimum Gasteiger partial charge on any atom is -0.380 e. The second-order valence-electron chi connectivity index (χ2n) is 2.84. The highest BCUT2D eigenvalue weighted by Gasteiger charge is 1.98. The van der Waals surface area contributed by atoms with E-state index >= 15 is 0 Å². The normalized spacial score (nSPS) is 10.7. The van der Waals surface area contributed by atoms with Crippen molar-refractivity contribution in [3.05, 3.63) is 12.2 Å². The molecular formula is C9H19NOS. The van der Waals surface area contributed by atoms with Crippen molar-refractivity contribution < 1.29 is 4.74 Å². The second-order valence-corrected chi connectivity index (χ2v) is 3.16. The van der Waals surface area contributed by atoms with Gasteiger partial charge in [0.2, 0.25) is 0 Å². The summed E-state index contributed by atoms with van der Waals surface area (Å²) in [6, 6.07) is 0. The van der Waals surface area contributed by atoms with Crippen molar-refractivity contribution in [2.75, 3.05) is 39.1 Å². The minimum absolute atomic E-state index is 0.763. The van der Waals surface area contributed by atoms with Gasteiger partial charge in [0.25, 0.3) is 0 Å². The molecule has 0 aromatic heterocycles. The van der Waals surface area contributed by atoms with Crippen molar-refractivity contribution in [2.24, 2.45) is 0 Å². The summed E-state index contributed by atoms with van der Waals surface area (Å²) in [5.74, 6) is 0.763. The van der Waals surface area contributed by atoms with Gasteiger partial charge in [0.05, 0.1) is 6.61 Å². The quantitative estimate of drug-likeness (QED) is 0.370. The molecule has 2 nitrogen and oxygen atoms in total. The molecule has 0 saturated heterocycles. The molecule has 0 amide bonds. The topological polar surface area (TPSA) is 12.5 Å². The zero-order valence-electron chi connectivity index (χ0n) is 8.05. The summed E-state index contributed by atoms with van der Waals surface area (Å²) in [6.45, 7) is 9.35. The molecule has 0 saturated carbocycles. The van der Waals surface area contributed by atoms with Gasteiger partial charge in [-0.05, 0) is 14.0 Å². The van der Waals surface area contributed by atoms with Gasteiger partial charge in [0, 0.05) is 25.4 Å². The molecule has 0 aliphatic carbocycles. The molecule has 0 rings (SSSR count). The van der Waals surface area contributed by atoms with Crippen LogP contribution < -0.4 is 0 Å². The molecule has 12 heavy (non-hydrogen) atoms. The first-order valence-electron chi connectivity index (χ1n) is 4.24. The Labute approximate surface area is 81.0 Å². The van der Waals surface area contributed by atoms with Crippen LogP contribution in [0.25, 0.3) is 0 Å². The van der Waals surface area contributed by atoms with Crippen LogP contribution in [0, 0.1) is 0 Å². The third-order valence-electron chi connectivity index (χ3n) is 1.54. The Bertz CT molecular complexity index is 128. The third-order valence-corrected chi connectivity index (χ3v) is 1.99. The molecule has 0 aromatic rings. The lowest BCUT2D eigenvalue weighted by atomic mass is 10.3. The maximum atomic E-state index is 5.23. The van der Waals surface area contributed by atoms with E-state index in [9.17, 15) is 0 Å². The molecule has 0 aliphatic heterocycles. The Morgan fingerprint density at radius 1 is 1.58 bits per heavy atom. The van der Waals surface area contributed by atoms with E-state index in [0.717, 1.165) is 37.6 Å². The van der Waals surface area contributed by atoms with Crippen molar-refractivity contribution in [3.8, 4) is 0 Å². The van der Waals surface area contributed by atoms with E-state index in [4.69, 9.17) is 4.74 Å². The van der Waals surface area contributed by atoms with Gasteiger partial charge < -0.3 is 9.64 Å². The molecular weight excluding hydrogens is 170 g/mol. The minimum atomic E-state index is 0.763. The number of hydrogen-bond acceptors (Lipinski definition) is 3. The van der Waals surface area contributed by atoms with Crippen LogP contribution in [-0.2, 0) is 4.74 Å². The Morgan fingerprint density at radius 2 is 2.25 bits per heavy atom. The molecule has 72 valence electrons. The number of hydrogen-bond donors (Lipinski definition) is 1. The molecule has 0 aliphatic rings. The number of rotatable bonds is 7.